The maximum absolute atomic E-state index is 12.1. The van der Waals surface area contributed by atoms with Crippen LogP contribution in [0.15, 0.2) is 18.2 Å². The Kier molecular flexibility index (Phi) is 5.64. The van der Waals surface area contributed by atoms with Gasteiger partial charge in [-0.25, -0.2) is 8.42 Å². The van der Waals surface area contributed by atoms with E-state index in [0.29, 0.717) is 6.42 Å². The molecule has 1 heterocycles. The smallest absolute Gasteiger partial charge is 0.223 e. The largest absolute Gasteiger partial charge is 0.352 e. The van der Waals surface area contributed by atoms with Crippen LogP contribution in [0.4, 0.5) is 5.69 Å². The Hall–Kier alpha value is -1.89. The van der Waals surface area contributed by atoms with Crippen molar-refractivity contribution in [1.29, 1.82) is 0 Å². The number of rotatable bonds is 5. The van der Waals surface area contributed by atoms with Crippen molar-refractivity contribution in [3.8, 4) is 0 Å². The molecule has 132 valence electrons. The van der Waals surface area contributed by atoms with Gasteiger partial charge in [-0.05, 0) is 31.9 Å². The topological polar surface area (TPSA) is 83.6 Å². The lowest BCUT2D eigenvalue weighted by Crippen LogP contribution is -2.39. The molecule has 1 aromatic rings. The van der Waals surface area contributed by atoms with Crippen molar-refractivity contribution in [1.82, 2.24) is 5.32 Å². The number of hydrogen-bond acceptors (Lipinski definition) is 4. The molecule has 1 aromatic carbocycles. The van der Waals surface area contributed by atoms with E-state index in [1.54, 1.807) is 4.90 Å². The normalized spacial score (nSPS) is 19.0. The van der Waals surface area contributed by atoms with E-state index in [4.69, 9.17) is 0 Å². The van der Waals surface area contributed by atoms with Gasteiger partial charge in [-0.15, -0.1) is 0 Å². The van der Waals surface area contributed by atoms with Gasteiger partial charge >= 0.3 is 0 Å². The number of amides is 2. The molecule has 0 aliphatic carbocycles. The van der Waals surface area contributed by atoms with E-state index < -0.39 is 9.84 Å². The summed E-state index contributed by atoms with van der Waals surface area (Å²) in [6, 6.07) is 5.50. The van der Waals surface area contributed by atoms with E-state index in [0.717, 1.165) is 16.8 Å². The number of anilines is 1. The lowest BCUT2D eigenvalue weighted by atomic mass is 10.1. The van der Waals surface area contributed by atoms with E-state index in [-0.39, 0.29) is 42.3 Å². The summed E-state index contributed by atoms with van der Waals surface area (Å²) >= 11 is 0. The summed E-state index contributed by atoms with van der Waals surface area (Å²) in [4.78, 5) is 25.6. The molecule has 1 fully saturated rings. The van der Waals surface area contributed by atoms with Gasteiger partial charge in [0.15, 0.2) is 9.84 Å². The van der Waals surface area contributed by atoms with Crippen LogP contribution in [0.3, 0.4) is 0 Å². The monoisotopic (exact) mass is 352 g/mol. The number of carbonyl (C=O) groups excluding carboxylic acids is 2. The Bertz CT molecular complexity index is 743. The fourth-order valence-electron chi connectivity index (χ4n) is 2.98. The summed E-state index contributed by atoms with van der Waals surface area (Å²) in [7, 11) is -3.02. The van der Waals surface area contributed by atoms with Crippen LogP contribution in [-0.2, 0) is 19.4 Å². The van der Waals surface area contributed by atoms with Gasteiger partial charge in [0, 0.05) is 31.6 Å². The quantitative estimate of drug-likeness (QED) is 0.867. The van der Waals surface area contributed by atoms with Crippen molar-refractivity contribution in [3.05, 3.63) is 29.3 Å². The van der Waals surface area contributed by atoms with Gasteiger partial charge in [-0.2, -0.15) is 0 Å². The number of nitrogens with one attached hydrogen (secondary N) is 1. The summed E-state index contributed by atoms with van der Waals surface area (Å²) in [6.45, 7) is 5.66. The van der Waals surface area contributed by atoms with Crippen LogP contribution in [0.5, 0.6) is 0 Å². The Morgan fingerprint density at radius 2 is 2.00 bits per heavy atom. The Morgan fingerprint density at radius 3 is 2.54 bits per heavy atom. The Labute approximate surface area is 143 Å². The van der Waals surface area contributed by atoms with E-state index in [9.17, 15) is 18.0 Å². The van der Waals surface area contributed by atoms with Crippen LogP contribution >= 0.6 is 0 Å². The van der Waals surface area contributed by atoms with Crippen LogP contribution in [0.1, 0.15) is 30.9 Å². The van der Waals surface area contributed by atoms with E-state index in [2.05, 4.69) is 5.32 Å². The maximum atomic E-state index is 12.1. The molecule has 24 heavy (non-hydrogen) atoms. The van der Waals surface area contributed by atoms with Crippen molar-refractivity contribution in [2.45, 2.75) is 39.7 Å². The molecule has 6 nitrogen and oxygen atoms in total. The highest BCUT2D eigenvalue weighted by Crippen LogP contribution is 2.21. The highest BCUT2D eigenvalue weighted by molar-refractivity contribution is 7.91. The third-order valence-electron chi connectivity index (χ3n) is 4.18. The first-order valence-electron chi connectivity index (χ1n) is 8.03. The number of sulfone groups is 1. The standard InChI is InChI=1S/C17H24N2O4S/c1-12-4-5-16(13(2)10-12)19(14(3)20)8-6-17(21)18-15-7-9-24(22,23)11-15/h4-5,10,15H,6-9,11H2,1-3H3,(H,18,21). The summed E-state index contributed by atoms with van der Waals surface area (Å²) < 4.78 is 22.8. The molecule has 0 bridgehead atoms. The van der Waals surface area contributed by atoms with E-state index >= 15 is 0 Å². The number of hydrogen-bond donors (Lipinski definition) is 1. The molecule has 1 atom stereocenters. The molecule has 1 N–H and O–H groups in total. The average Bonchev–Trinajstić information content (AvgIpc) is 2.79. The fraction of sp³-hybridized carbons (Fsp3) is 0.529. The molecule has 0 spiro atoms. The number of nitrogens with zero attached hydrogens (tertiary/aromatic N) is 1. The van der Waals surface area contributed by atoms with Gasteiger partial charge in [0.1, 0.15) is 0 Å². The molecule has 1 saturated heterocycles. The molecule has 7 heteroatoms. The van der Waals surface area contributed by atoms with Gasteiger partial charge in [0.2, 0.25) is 11.8 Å². The summed E-state index contributed by atoms with van der Waals surface area (Å²) in [5.74, 6) is -0.224. The van der Waals surface area contributed by atoms with Crippen molar-refractivity contribution in [3.63, 3.8) is 0 Å². The second kappa shape index (κ2) is 7.34. The lowest BCUT2D eigenvalue weighted by Gasteiger charge is -2.23. The van der Waals surface area contributed by atoms with Crippen LogP contribution in [0, 0.1) is 13.8 Å². The minimum atomic E-state index is -3.02. The van der Waals surface area contributed by atoms with Gasteiger partial charge in [0.25, 0.3) is 0 Å². The molecule has 1 aliphatic rings. The second-order valence-corrected chi connectivity index (χ2v) is 8.61. The average molecular weight is 352 g/mol. The van der Waals surface area contributed by atoms with Crippen molar-refractivity contribution in [2.75, 3.05) is 23.0 Å². The summed E-state index contributed by atoms with van der Waals surface area (Å²) in [5, 5.41) is 2.75. The Morgan fingerprint density at radius 1 is 1.29 bits per heavy atom. The summed E-state index contributed by atoms with van der Waals surface area (Å²) in [5.41, 5.74) is 2.89. The van der Waals surface area contributed by atoms with E-state index in [1.165, 1.54) is 6.92 Å². The minimum Gasteiger partial charge on any atom is -0.352 e. The molecule has 0 saturated carbocycles. The van der Waals surface area contributed by atoms with Crippen LogP contribution in [-0.4, -0.2) is 44.3 Å². The molecule has 1 aliphatic heterocycles. The first-order valence-corrected chi connectivity index (χ1v) is 9.85. The number of carbonyl (C=O) groups is 2. The molecular weight excluding hydrogens is 328 g/mol. The third-order valence-corrected chi connectivity index (χ3v) is 5.95. The second-order valence-electron chi connectivity index (χ2n) is 6.38. The van der Waals surface area contributed by atoms with Gasteiger partial charge < -0.3 is 10.2 Å². The van der Waals surface area contributed by atoms with Gasteiger partial charge in [-0.3, -0.25) is 9.59 Å². The maximum Gasteiger partial charge on any atom is 0.223 e. The summed E-state index contributed by atoms with van der Waals surface area (Å²) in [6.07, 6.45) is 0.602. The highest BCUT2D eigenvalue weighted by atomic mass is 32.2. The molecule has 1 unspecified atom stereocenters. The zero-order valence-corrected chi connectivity index (χ0v) is 15.1. The van der Waals surface area contributed by atoms with Crippen molar-refractivity contribution < 1.29 is 18.0 Å². The van der Waals surface area contributed by atoms with E-state index in [1.807, 2.05) is 32.0 Å². The molecule has 2 rings (SSSR count). The lowest BCUT2D eigenvalue weighted by molar-refractivity contribution is -0.121. The van der Waals surface area contributed by atoms with Gasteiger partial charge in [0.05, 0.1) is 11.5 Å². The third kappa shape index (κ3) is 4.80. The van der Waals surface area contributed by atoms with Crippen molar-refractivity contribution in [2.24, 2.45) is 0 Å². The number of benzene rings is 1. The molecule has 0 radical (unpaired) electrons. The highest BCUT2D eigenvalue weighted by Gasteiger charge is 2.29. The molecule has 2 amide bonds. The first-order chi connectivity index (χ1) is 11.2. The zero-order valence-electron chi connectivity index (χ0n) is 14.3. The molecular formula is C17H24N2O4S. The van der Waals surface area contributed by atoms with Crippen molar-refractivity contribution >= 4 is 27.3 Å². The van der Waals surface area contributed by atoms with Crippen LogP contribution < -0.4 is 10.2 Å². The molecule has 0 aromatic heterocycles. The predicted molar refractivity (Wildman–Crippen MR) is 93.8 cm³/mol. The Balaban J connectivity index is 1.96. The zero-order chi connectivity index (χ0) is 17.9. The van der Waals surface area contributed by atoms with Crippen LogP contribution in [0.25, 0.3) is 0 Å². The van der Waals surface area contributed by atoms with Crippen LogP contribution in [0.2, 0.25) is 0 Å². The fourth-order valence-corrected chi connectivity index (χ4v) is 4.65. The predicted octanol–water partition coefficient (Wildman–Crippen LogP) is 1.35. The SMILES string of the molecule is CC(=O)N(CCC(=O)NC1CCS(=O)(=O)C1)c1ccc(C)cc1C. The number of aryl methyl sites for hydroxylation is 2. The minimum absolute atomic E-state index is 0.00618. The first kappa shape index (κ1) is 18.4. The van der Waals surface area contributed by atoms with Gasteiger partial charge in [-0.1, -0.05) is 17.7 Å².